The fraction of sp³-hybridized carbons (Fsp3) is 0.417. The van der Waals surface area contributed by atoms with Gasteiger partial charge in [-0.25, -0.2) is 4.79 Å². The molecule has 0 spiro atoms. The monoisotopic (exact) mass is 642 g/mol. The average molecular weight is 643 g/mol. The van der Waals surface area contributed by atoms with E-state index in [0.29, 0.717) is 13.0 Å². The lowest BCUT2D eigenvalue weighted by molar-refractivity contribution is -0.253. The quantitative estimate of drug-likeness (QED) is 0.218. The van der Waals surface area contributed by atoms with Crippen LogP contribution < -0.4 is 11.0 Å². The number of esters is 1. The number of nitrogens with zero attached hydrogens (tertiary/aromatic N) is 2. The number of aromatic nitrogens is 2. The van der Waals surface area contributed by atoms with Gasteiger partial charge >= 0.3 is 11.7 Å². The smallest absolute Gasteiger partial charge is 0.326 e. The standard InChI is InChI=1S/C36H42N4O7/c1-23(45-24(2)42)34(43)37-20-25-7-13-28(14-8-25)35-46-30(19-33(47-35)27-11-9-26(22-41)10-12-27)21-39-17-15-29(16-18-39)40-32-6-4-3-5-31(32)38-36(40)44/h3-14,23,29-30,33,35,41H,15-22H2,1-2H3,(H,37,43)(H,38,44)/t23-,30+,33-,35-/m0/s1. The molecule has 11 nitrogen and oxygen atoms in total. The van der Waals surface area contributed by atoms with Crippen molar-refractivity contribution in [2.75, 3.05) is 19.6 Å². The van der Waals surface area contributed by atoms with Gasteiger partial charge in [-0.15, -0.1) is 0 Å². The van der Waals surface area contributed by atoms with Crippen molar-refractivity contribution in [2.24, 2.45) is 0 Å². The Balaban J connectivity index is 1.12. The van der Waals surface area contributed by atoms with E-state index >= 15 is 0 Å². The molecule has 3 aromatic carbocycles. The normalized spacial score (nSPS) is 21.4. The fourth-order valence-electron chi connectivity index (χ4n) is 6.55. The second kappa shape index (κ2) is 14.6. The molecule has 2 fully saturated rings. The number of H-pyrrole nitrogens is 1. The average Bonchev–Trinajstić information content (AvgIpc) is 3.43. The summed E-state index contributed by atoms with van der Waals surface area (Å²) in [5.74, 6) is -0.865. The van der Waals surface area contributed by atoms with Crippen LogP contribution in [-0.2, 0) is 37.0 Å². The lowest BCUT2D eigenvalue weighted by Gasteiger charge is -2.40. The number of aromatic amines is 1. The number of benzene rings is 3. The molecule has 2 aliphatic heterocycles. The Hall–Kier alpha value is -4.29. The van der Waals surface area contributed by atoms with E-state index in [1.54, 1.807) is 0 Å². The number of piperidine rings is 1. The highest BCUT2D eigenvalue weighted by Gasteiger charge is 2.34. The van der Waals surface area contributed by atoms with Crippen molar-refractivity contribution < 1.29 is 28.9 Å². The van der Waals surface area contributed by atoms with Crippen LogP contribution in [0.4, 0.5) is 0 Å². The van der Waals surface area contributed by atoms with Crippen LogP contribution in [0.5, 0.6) is 0 Å². The fourth-order valence-corrected chi connectivity index (χ4v) is 6.55. The van der Waals surface area contributed by atoms with Gasteiger partial charge in [-0.1, -0.05) is 60.7 Å². The van der Waals surface area contributed by atoms with Gasteiger partial charge in [-0.3, -0.25) is 14.2 Å². The molecule has 2 aliphatic rings. The molecule has 11 heteroatoms. The zero-order valence-electron chi connectivity index (χ0n) is 26.8. The highest BCUT2D eigenvalue weighted by Crippen LogP contribution is 2.38. The van der Waals surface area contributed by atoms with Crippen molar-refractivity contribution in [1.82, 2.24) is 19.8 Å². The molecule has 47 heavy (non-hydrogen) atoms. The van der Waals surface area contributed by atoms with Gasteiger partial charge in [-0.2, -0.15) is 0 Å². The summed E-state index contributed by atoms with van der Waals surface area (Å²) in [6, 6.07) is 23.6. The van der Waals surface area contributed by atoms with Crippen LogP contribution in [0.3, 0.4) is 0 Å². The number of hydrogen-bond acceptors (Lipinski definition) is 8. The van der Waals surface area contributed by atoms with E-state index in [-0.39, 0.29) is 36.5 Å². The summed E-state index contributed by atoms with van der Waals surface area (Å²) < 4.78 is 19.9. The number of likely N-dealkylation sites (tertiary alicyclic amines) is 1. The molecule has 0 radical (unpaired) electrons. The molecule has 2 saturated heterocycles. The van der Waals surface area contributed by atoms with Crippen LogP contribution in [0.15, 0.2) is 77.6 Å². The Bertz CT molecular complexity index is 1720. The molecule has 4 aromatic rings. The minimum atomic E-state index is -0.863. The highest BCUT2D eigenvalue weighted by molar-refractivity contribution is 5.82. The number of aliphatic hydroxyl groups is 1. The first-order valence-electron chi connectivity index (χ1n) is 16.2. The third-order valence-electron chi connectivity index (χ3n) is 9.05. The number of nitrogens with one attached hydrogen (secondary N) is 2. The van der Waals surface area contributed by atoms with Crippen molar-refractivity contribution in [3.8, 4) is 0 Å². The maximum absolute atomic E-state index is 12.8. The number of carbonyl (C=O) groups is 2. The minimum absolute atomic E-state index is 0.0176. The van der Waals surface area contributed by atoms with Crippen LogP contribution in [-0.4, -0.2) is 63.3 Å². The number of fused-ring (bicyclic) bond motifs is 1. The highest BCUT2D eigenvalue weighted by atomic mass is 16.7. The second-order valence-corrected chi connectivity index (χ2v) is 12.4. The maximum atomic E-state index is 12.8. The molecule has 0 bridgehead atoms. The molecule has 0 unspecified atom stereocenters. The number of carbonyl (C=O) groups excluding carboxylic acids is 2. The van der Waals surface area contributed by atoms with Gasteiger partial charge in [0.2, 0.25) is 0 Å². The summed E-state index contributed by atoms with van der Waals surface area (Å²) in [6.07, 6.45) is 0.683. The summed E-state index contributed by atoms with van der Waals surface area (Å²) in [6.45, 7) is 5.54. The van der Waals surface area contributed by atoms with E-state index in [9.17, 15) is 19.5 Å². The van der Waals surface area contributed by atoms with E-state index in [1.807, 2.05) is 77.4 Å². The van der Waals surface area contributed by atoms with Crippen LogP contribution in [0, 0.1) is 0 Å². The summed E-state index contributed by atoms with van der Waals surface area (Å²) in [5.41, 5.74) is 5.39. The first kappa shape index (κ1) is 32.6. The van der Waals surface area contributed by atoms with E-state index in [1.165, 1.54) is 13.8 Å². The Morgan fingerprint density at radius 1 is 0.979 bits per heavy atom. The largest absolute Gasteiger partial charge is 0.453 e. The van der Waals surface area contributed by atoms with Gasteiger partial charge < -0.3 is 34.5 Å². The third kappa shape index (κ3) is 7.82. The number of amides is 1. The summed E-state index contributed by atoms with van der Waals surface area (Å²) in [5, 5.41) is 12.3. The number of ether oxygens (including phenoxy) is 3. The summed E-state index contributed by atoms with van der Waals surface area (Å²) in [7, 11) is 0. The van der Waals surface area contributed by atoms with Crippen LogP contribution in [0.2, 0.25) is 0 Å². The Labute approximate surface area is 273 Å². The first-order chi connectivity index (χ1) is 22.8. The predicted molar refractivity (Wildman–Crippen MR) is 175 cm³/mol. The van der Waals surface area contributed by atoms with E-state index in [0.717, 1.165) is 65.8 Å². The van der Waals surface area contributed by atoms with Crippen molar-refractivity contribution >= 4 is 22.9 Å². The van der Waals surface area contributed by atoms with E-state index in [4.69, 9.17) is 14.2 Å². The minimum Gasteiger partial charge on any atom is -0.453 e. The van der Waals surface area contributed by atoms with Crippen molar-refractivity contribution in [3.05, 3.63) is 106 Å². The van der Waals surface area contributed by atoms with Crippen molar-refractivity contribution in [3.63, 3.8) is 0 Å². The molecule has 6 rings (SSSR count). The Kier molecular flexibility index (Phi) is 10.2. The molecule has 0 aliphatic carbocycles. The predicted octanol–water partition coefficient (Wildman–Crippen LogP) is 4.27. The van der Waals surface area contributed by atoms with Gasteiger partial charge in [-0.05, 0) is 48.6 Å². The molecular weight excluding hydrogens is 600 g/mol. The third-order valence-corrected chi connectivity index (χ3v) is 9.05. The van der Waals surface area contributed by atoms with Gasteiger partial charge in [0, 0.05) is 51.1 Å². The Morgan fingerprint density at radius 3 is 2.36 bits per heavy atom. The number of aliphatic hydroxyl groups excluding tert-OH is 1. The molecule has 0 saturated carbocycles. The van der Waals surface area contributed by atoms with Gasteiger partial charge in [0.25, 0.3) is 5.91 Å². The molecule has 1 aromatic heterocycles. The van der Waals surface area contributed by atoms with Crippen molar-refractivity contribution in [1.29, 1.82) is 0 Å². The van der Waals surface area contributed by atoms with Crippen LogP contribution >= 0.6 is 0 Å². The zero-order chi connectivity index (χ0) is 32.9. The molecular formula is C36H42N4O7. The number of hydrogen-bond donors (Lipinski definition) is 3. The number of imidazole rings is 1. The first-order valence-corrected chi connectivity index (χ1v) is 16.2. The molecule has 248 valence electrons. The second-order valence-electron chi connectivity index (χ2n) is 12.4. The van der Waals surface area contributed by atoms with Gasteiger partial charge in [0.15, 0.2) is 12.4 Å². The van der Waals surface area contributed by atoms with E-state index < -0.39 is 18.4 Å². The van der Waals surface area contributed by atoms with Crippen LogP contribution in [0.1, 0.15) is 73.8 Å². The van der Waals surface area contributed by atoms with Gasteiger partial charge in [0.05, 0.1) is 29.8 Å². The lowest BCUT2D eigenvalue weighted by atomic mass is 9.98. The molecule has 3 N–H and O–H groups in total. The lowest BCUT2D eigenvalue weighted by Crippen LogP contribution is -2.43. The zero-order valence-corrected chi connectivity index (χ0v) is 26.8. The molecule has 3 heterocycles. The topological polar surface area (TPSA) is 135 Å². The SMILES string of the molecule is CC(=O)O[C@@H](C)C(=O)NCc1ccc([C@H]2O[C@@H](CN3CCC(n4c(=O)[nH]c5ccccc54)CC3)C[C@@H](c3ccc(CO)cc3)O2)cc1. The molecule has 1 amide bonds. The Morgan fingerprint density at radius 2 is 1.66 bits per heavy atom. The van der Waals surface area contributed by atoms with E-state index in [2.05, 4.69) is 15.2 Å². The summed E-state index contributed by atoms with van der Waals surface area (Å²) in [4.78, 5) is 41.6. The number of para-hydroxylation sites is 2. The summed E-state index contributed by atoms with van der Waals surface area (Å²) >= 11 is 0. The van der Waals surface area contributed by atoms with Gasteiger partial charge in [0.1, 0.15) is 0 Å². The van der Waals surface area contributed by atoms with Crippen molar-refractivity contribution in [2.45, 2.75) is 76.9 Å². The maximum Gasteiger partial charge on any atom is 0.326 e. The molecule has 4 atom stereocenters. The van der Waals surface area contributed by atoms with Crippen LogP contribution in [0.25, 0.3) is 11.0 Å². The number of rotatable bonds is 10.